The minimum Gasteiger partial charge on any atom is -0.393 e. The molecule has 1 rings (SSSR count). The Morgan fingerprint density at radius 1 is 1.43 bits per heavy atom. The molecular weight excluding hydrogens is 222 g/mol. The molecule has 0 saturated carbocycles. The number of piperidine rings is 1. The first-order chi connectivity index (χ1) is 6.39. The molecule has 0 atom stereocenters. The predicted octanol–water partition coefficient (Wildman–Crippen LogP) is -0.422. The Kier molecular flexibility index (Phi) is 3.82. The summed E-state index contributed by atoms with van der Waals surface area (Å²) < 4.78 is 23.2. The first-order valence-electron chi connectivity index (χ1n) is 4.46. The van der Waals surface area contributed by atoms with Gasteiger partial charge in [0.05, 0.1) is 4.99 Å². The van der Waals surface area contributed by atoms with Crippen LogP contribution in [0.25, 0.3) is 0 Å². The van der Waals surface area contributed by atoms with Crippen LogP contribution in [-0.2, 0) is 10.2 Å². The van der Waals surface area contributed by atoms with Crippen LogP contribution in [0.3, 0.4) is 0 Å². The van der Waals surface area contributed by atoms with Gasteiger partial charge in [0.1, 0.15) is 0 Å². The summed E-state index contributed by atoms with van der Waals surface area (Å²) in [4.78, 5) is 0.499. The summed E-state index contributed by atoms with van der Waals surface area (Å²) in [6, 6.07) is 0. The van der Waals surface area contributed by atoms with E-state index in [0.29, 0.717) is 30.4 Å². The fraction of sp³-hybridized carbons (Fsp3) is 0.857. The molecule has 5 nitrogen and oxygen atoms in total. The van der Waals surface area contributed by atoms with E-state index in [9.17, 15) is 8.42 Å². The van der Waals surface area contributed by atoms with Crippen LogP contribution in [0.4, 0.5) is 0 Å². The highest BCUT2D eigenvalue weighted by atomic mass is 32.2. The molecule has 0 aromatic carbocycles. The lowest BCUT2D eigenvalue weighted by molar-refractivity contribution is 0.279. The number of nitrogens with zero attached hydrogens (tertiary/aromatic N) is 1. The maximum atomic E-state index is 11.0. The molecule has 0 aromatic heterocycles. The zero-order valence-corrected chi connectivity index (χ0v) is 9.48. The second-order valence-corrected chi connectivity index (χ2v) is 5.63. The Balaban J connectivity index is 2.43. The zero-order valence-electron chi connectivity index (χ0n) is 7.85. The Morgan fingerprint density at radius 3 is 2.29 bits per heavy atom. The topological polar surface area (TPSA) is 89.4 Å². The normalized spacial score (nSPS) is 20.9. The molecule has 1 saturated heterocycles. The molecule has 0 radical (unpaired) electrons. The quantitative estimate of drug-likeness (QED) is 0.652. The van der Waals surface area contributed by atoms with Crippen molar-refractivity contribution < 1.29 is 8.42 Å². The first-order valence-corrected chi connectivity index (χ1v) is 6.37. The second-order valence-electron chi connectivity index (χ2n) is 3.56. The van der Waals surface area contributed by atoms with Crippen LogP contribution in [0.5, 0.6) is 0 Å². The summed E-state index contributed by atoms with van der Waals surface area (Å²) in [7, 11) is -3.51. The number of rotatable bonds is 3. The molecule has 0 aromatic rings. The van der Waals surface area contributed by atoms with Crippen LogP contribution >= 0.6 is 12.2 Å². The third-order valence-corrected chi connectivity index (χ3v) is 3.67. The van der Waals surface area contributed by atoms with Gasteiger partial charge in [-0.1, -0.05) is 12.2 Å². The van der Waals surface area contributed by atoms with Crippen molar-refractivity contribution in [3.05, 3.63) is 0 Å². The molecule has 0 amide bonds. The molecule has 14 heavy (non-hydrogen) atoms. The lowest BCUT2D eigenvalue weighted by Crippen LogP contribution is -2.42. The van der Waals surface area contributed by atoms with Gasteiger partial charge in [-0.25, -0.2) is 5.14 Å². The average molecular weight is 237 g/mol. The summed E-state index contributed by atoms with van der Waals surface area (Å²) in [5, 5.41) is 5.00. The fourth-order valence-corrected chi connectivity index (χ4v) is 2.61. The highest BCUT2D eigenvalue weighted by molar-refractivity contribution is 7.86. The van der Waals surface area contributed by atoms with Crippen LogP contribution in [0.1, 0.15) is 19.3 Å². The van der Waals surface area contributed by atoms with Gasteiger partial charge in [-0.05, 0) is 18.8 Å². The smallest absolute Gasteiger partial charge is 0.276 e. The summed E-state index contributed by atoms with van der Waals surface area (Å²) in [5.41, 5.74) is 5.42. The Labute approximate surface area is 89.6 Å². The van der Waals surface area contributed by atoms with E-state index in [1.54, 1.807) is 0 Å². The van der Waals surface area contributed by atoms with Gasteiger partial charge in [0.25, 0.3) is 10.2 Å². The molecule has 0 unspecified atom stereocenters. The lowest BCUT2D eigenvalue weighted by atomic mass is 9.95. The van der Waals surface area contributed by atoms with Crippen LogP contribution < -0.4 is 10.9 Å². The minimum absolute atomic E-state index is 0.408. The molecule has 7 heteroatoms. The van der Waals surface area contributed by atoms with Gasteiger partial charge in [0.2, 0.25) is 0 Å². The van der Waals surface area contributed by atoms with Crippen molar-refractivity contribution in [3.8, 4) is 0 Å². The van der Waals surface area contributed by atoms with E-state index in [1.807, 2.05) is 0 Å². The molecule has 0 spiro atoms. The van der Waals surface area contributed by atoms with E-state index in [1.165, 1.54) is 4.31 Å². The SMILES string of the molecule is NC(=S)CC1CCN(S(N)(=O)=O)CC1. The number of nitrogens with two attached hydrogens (primary N) is 2. The highest BCUT2D eigenvalue weighted by Gasteiger charge is 2.25. The van der Waals surface area contributed by atoms with Crippen molar-refractivity contribution in [3.63, 3.8) is 0 Å². The van der Waals surface area contributed by atoms with Crippen molar-refractivity contribution in [1.82, 2.24) is 4.31 Å². The zero-order chi connectivity index (χ0) is 10.8. The van der Waals surface area contributed by atoms with E-state index >= 15 is 0 Å². The molecule has 82 valence electrons. The standard InChI is InChI=1S/C7H15N3O2S2/c8-7(13)5-6-1-3-10(4-2-6)14(9,11)12/h6H,1-5H2,(H2,8,13)(H2,9,11,12). The monoisotopic (exact) mass is 237 g/mol. The van der Waals surface area contributed by atoms with Crippen molar-refractivity contribution in [2.24, 2.45) is 16.8 Å². The number of hydrogen-bond donors (Lipinski definition) is 2. The minimum atomic E-state index is -3.51. The third kappa shape index (κ3) is 3.49. The highest BCUT2D eigenvalue weighted by Crippen LogP contribution is 2.21. The summed E-state index contributed by atoms with van der Waals surface area (Å²) in [6.07, 6.45) is 2.27. The Morgan fingerprint density at radius 2 is 1.93 bits per heavy atom. The van der Waals surface area contributed by atoms with Gasteiger partial charge in [-0.15, -0.1) is 0 Å². The van der Waals surface area contributed by atoms with E-state index in [-0.39, 0.29) is 0 Å². The largest absolute Gasteiger partial charge is 0.393 e. The van der Waals surface area contributed by atoms with Crippen LogP contribution in [0, 0.1) is 5.92 Å². The van der Waals surface area contributed by atoms with Crippen molar-refractivity contribution >= 4 is 27.4 Å². The van der Waals surface area contributed by atoms with E-state index in [2.05, 4.69) is 0 Å². The second kappa shape index (κ2) is 4.52. The molecule has 1 heterocycles. The molecule has 0 bridgehead atoms. The number of hydrogen-bond acceptors (Lipinski definition) is 3. The van der Waals surface area contributed by atoms with Gasteiger partial charge < -0.3 is 5.73 Å². The van der Waals surface area contributed by atoms with Gasteiger partial charge in [-0.3, -0.25) is 0 Å². The van der Waals surface area contributed by atoms with Gasteiger partial charge in [-0.2, -0.15) is 12.7 Å². The maximum Gasteiger partial charge on any atom is 0.276 e. The van der Waals surface area contributed by atoms with Gasteiger partial charge in [0, 0.05) is 19.5 Å². The lowest BCUT2D eigenvalue weighted by Gasteiger charge is -2.29. The van der Waals surface area contributed by atoms with Gasteiger partial charge >= 0.3 is 0 Å². The maximum absolute atomic E-state index is 11.0. The van der Waals surface area contributed by atoms with E-state index < -0.39 is 10.2 Å². The Bertz CT molecular complexity index is 307. The van der Waals surface area contributed by atoms with Crippen LogP contribution in [0.2, 0.25) is 0 Å². The fourth-order valence-electron chi connectivity index (χ4n) is 1.65. The van der Waals surface area contributed by atoms with Crippen molar-refractivity contribution in [1.29, 1.82) is 0 Å². The average Bonchev–Trinajstić information content (AvgIpc) is 2.02. The summed E-state index contributed by atoms with van der Waals surface area (Å²) in [5.74, 6) is 0.408. The van der Waals surface area contributed by atoms with Crippen molar-refractivity contribution in [2.45, 2.75) is 19.3 Å². The molecule has 4 N–H and O–H groups in total. The molecule has 1 aliphatic rings. The summed E-state index contributed by atoms with van der Waals surface area (Å²) in [6.45, 7) is 0.957. The predicted molar refractivity (Wildman–Crippen MR) is 58.8 cm³/mol. The van der Waals surface area contributed by atoms with Crippen LogP contribution in [0.15, 0.2) is 0 Å². The molecule has 1 fully saturated rings. The molecule has 0 aliphatic carbocycles. The van der Waals surface area contributed by atoms with E-state index in [0.717, 1.165) is 12.8 Å². The van der Waals surface area contributed by atoms with E-state index in [4.69, 9.17) is 23.1 Å². The Hall–Kier alpha value is -0.240. The first kappa shape index (κ1) is 11.8. The summed E-state index contributed by atoms with van der Waals surface area (Å²) >= 11 is 4.80. The molecular formula is C7H15N3O2S2. The van der Waals surface area contributed by atoms with Crippen molar-refractivity contribution in [2.75, 3.05) is 13.1 Å². The third-order valence-electron chi connectivity index (χ3n) is 2.42. The van der Waals surface area contributed by atoms with Gasteiger partial charge in [0.15, 0.2) is 0 Å². The number of thiocarbonyl (C=S) groups is 1. The molecule has 1 aliphatic heterocycles. The van der Waals surface area contributed by atoms with Crippen LogP contribution in [-0.4, -0.2) is 30.8 Å².